The Morgan fingerprint density at radius 2 is 1.08 bits per heavy atom. The summed E-state index contributed by atoms with van der Waals surface area (Å²) < 4.78 is 0. The van der Waals surface area contributed by atoms with Gasteiger partial charge in [-0.25, -0.2) is 9.97 Å². The summed E-state index contributed by atoms with van der Waals surface area (Å²) in [5.41, 5.74) is 6.48. The minimum Gasteiger partial charge on any atom is -0.265 e. The predicted molar refractivity (Wildman–Crippen MR) is 98.7 cm³/mol. The van der Waals surface area contributed by atoms with Crippen molar-refractivity contribution in [2.45, 2.75) is 6.92 Å². The molecule has 0 N–H and O–H groups in total. The number of hydrogen-bond acceptors (Lipinski definition) is 4. The number of aromatic nitrogens is 4. The zero-order chi connectivity index (χ0) is 17.1. The molecule has 4 aromatic rings. The van der Waals surface area contributed by atoms with Gasteiger partial charge in [0.2, 0.25) is 0 Å². The third-order valence-electron chi connectivity index (χ3n) is 4.03. The summed E-state index contributed by atoms with van der Waals surface area (Å²) in [5, 5.41) is 0. The zero-order valence-electron chi connectivity index (χ0n) is 13.8. The van der Waals surface area contributed by atoms with Gasteiger partial charge in [-0.1, -0.05) is 0 Å². The Bertz CT molecular complexity index is 941. The van der Waals surface area contributed by atoms with Crippen molar-refractivity contribution in [2.24, 2.45) is 0 Å². The van der Waals surface area contributed by atoms with Crippen LogP contribution in [0, 0.1) is 6.92 Å². The van der Waals surface area contributed by atoms with Gasteiger partial charge in [-0.3, -0.25) is 9.97 Å². The first kappa shape index (κ1) is 15.1. The first-order valence-electron chi connectivity index (χ1n) is 8.05. The van der Waals surface area contributed by atoms with Crippen LogP contribution >= 0.6 is 0 Å². The van der Waals surface area contributed by atoms with Gasteiger partial charge in [0, 0.05) is 36.5 Å². The van der Waals surface area contributed by atoms with Crippen molar-refractivity contribution in [1.29, 1.82) is 0 Å². The molecule has 0 aliphatic rings. The number of benzene rings is 1. The van der Waals surface area contributed by atoms with Crippen molar-refractivity contribution in [1.82, 2.24) is 19.9 Å². The van der Waals surface area contributed by atoms with Gasteiger partial charge in [-0.15, -0.1) is 0 Å². The van der Waals surface area contributed by atoms with E-state index in [0.717, 1.165) is 39.3 Å². The molecule has 0 saturated heterocycles. The number of rotatable bonds is 3. The van der Waals surface area contributed by atoms with E-state index in [2.05, 4.69) is 38.1 Å². The van der Waals surface area contributed by atoms with Crippen LogP contribution < -0.4 is 0 Å². The Labute approximate surface area is 146 Å². The monoisotopic (exact) mass is 324 g/mol. The van der Waals surface area contributed by atoms with E-state index in [-0.39, 0.29) is 0 Å². The van der Waals surface area contributed by atoms with Crippen LogP contribution in [-0.2, 0) is 0 Å². The summed E-state index contributed by atoms with van der Waals surface area (Å²) in [4.78, 5) is 17.0. The summed E-state index contributed by atoms with van der Waals surface area (Å²) in [5.74, 6) is 0.761. The Hall–Kier alpha value is -3.40. The van der Waals surface area contributed by atoms with Gasteiger partial charge < -0.3 is 0 Å². The second-order valence-electron chi connectivity index (χ2n) is 5.76. The summed E-state index contributed by atoms with van der Waals surface area (Å²) in [7, 11) is 0. The van der Waals surface area contributed by atoms with Crippen molar-refractivity contribution in [3.05, 3.63) is 85.3 Å². The van der Waals surface area contributed by atoms with Crippen LogP contribution in [0.5, 0.6) is 0 Å². The molecule has 0 fully saturated rings. The molecule has 0 spiro atoms. The molecule has 0 aliphatic heterocycles. The Balaban J connectivity index is 1.92. The van der Waals surface area contributed by atoms with E-state index in [9.17, 15) is 0 Å². The summed E-state index contributed by atoms with van der Waals surface area (Å²) in [6.45, 7) is 1.90. The van der Waals surface area contributed by atoms with Crippen LogP contribution in [0.2, 0.25) is 0 Å². The molecular weight excluding hydrogens is 308 g/mol. The molecule has 0 unspecified atom stereocenters. The molecule has 3 aromatic heterocycles. The maximum Gasteiger partial charge on any atom is 0.125 e. The van der Waals surface area contributed by atoms with Gasteiger partial charge in [-0.2, -0.15) is 0 Å². The van der Waals surface area contributed by atoms with Crippen LogP contribution in [0.1, 0.15) is 5.82 Å². The van der Waals surface area contributed by atoms with E-state index in [1.54, 1.807) is 6.20 Å². The second kappa shape index (κ2) is 6.61. The van der Waals surface area contributed by atoms with Crippen molar-refractivity contribution in [3.63, 3.8) is 0 Å². The molecule has 0 atom stereocenters. The van der Waals surface area contributed by atoms with Crippen LogP contribution in [0.4, 0.5) is 0 Å². The molecule has 0 aliphatic carbocycles. The van der Waals surface area contributed by atoms with E-state index in [1.807, 2.05) is 62.0 Å². The van der Waals surface area contributed by atoms with Gasteiger partial charge >= 0.3 is 0 Å². The van der Waals surface area contributed by atoms with Crippen LogP contribution in [0.25, 0.3) is 33.5 Å². The second-order valence-corrected chi connectivity index (χ2v) is 5.76. The maximum atomic E-state index is 4.58. The SMILES string of the molecule is Cc1nccc(-c2cc(-c3ccncc3)cc(-c3ccncc3)c2)n1. The molecule has 4 nitrogen and oxygen atoms in total. The molecule has 4 heteroatoms. The fourth-order valence-corrected chi connectivity index (χ4v) is 2.81. The molecule has 1 aromatic carbocycles. The molecule has 0 saturated carbocycles. The van der Waals surface area contributed by atoms with Crippen LogP contribution in [0.3, 0.4) is 0 Å². The first-order chi connectivity index (χ1) is 12.3. The molecule has 25 heavy (non-hydrogen) atoms. The highest BCUT2D eigenvalue weighted by atomic mass is 14.9. The van der Waals surface area contributed by atoms with Gasteiger partial charge in [0.1, 0.15) is 5.82 Å². The lowest BCUT2D eigenvalue weighted by molar-refractivity contribution is 1.06. The highest BCUT2D eigenvalue weighted by Gasteiger charge is 2.08. The molecule has 4 rings (SSSR count). The minimum absolute atomic E-state index is 0.761. The number of nitrogens with zero attached hydrogens (tertiary/aromatic N) is 4. The summed E-state index contributed by atoms with van der Waals surface area (Å²) in [6, 6.07) is 16.5. The Morgan fingerprint density at radius 3 is 1.60 bits per heavy atom. The van der Waals surface area contributed by atoms with E-state index in [0.29, 0.717) is 0 Å². The van der Waals surface area contributed by atoms with Crippen molar-refractivity contribution < 1.29 is 0 Å². The van der Waals surface area contributed by atoms with E-state index < -0.39 is 0 Å². The average Bonchev–Trinajstić information content (AvgIpc) is 2.69. The maximum absolute atomic E-state index is 4.58. The van der Waals surface area contributed by atoms with Gasteiger partial charge in [0.25, 0.3) is 0 Å². The molecule has 0 radical (unpaired) electrons. The zero-order valence-corrected chi connectivity index (χ0v) is 13.8. The standard InChI is InChI=1S/C21H16N4/c1-15-24-11-6-21(25-15)20-13-18(16-2-7-22-8-3-16)12-19(14-20)17-4-9-23-10-5-17/h2-14H,1H3. The number of pyridine rings is 2. The third-order valence-corrected chi connectivity index (χ3v) is 4.03. The normalized spacial score (nSPS) is 10.6. The summed E-state index contributed by atoms with van der Waals surface area (Å²) in [6.07, 6.45) is 9.03. The smallest absolute Gasteiger partial charge is 0.125 e. The minimum atomic E-state index is 0.761. The predicted octanol–water partition coefficient (Wildman–Crippen LogP) is 4.58. The molecule has 0 amide bonds. The number of aryl methyl sites for hydroxylation is 1. The van der Waals surface area contributed by atoms with Crippen molar-refractivity contribution in [3.8, 4) is 33.5 Å². The van der Waals surface area contributed by atoms with Gasteiger partial charge in [0.05, 0.1) is 5.69 Å². The summed E-state index contributed by atoms with van der Waals surface area (Å²) >= 11 is 0. The number of hydrogen-bond donors (Lipinski definition) is 0. The van der Waals surface area contributed by atoms with E-state index in [1.165, 1.54) is 0 Å². The van der Waals surface area contributed by atoms with Crippen molar-refractivity contribution >= 4 is 0 Å². The molecule has 0 bridgehead atoms. The fraction of sp³-hybridized carbons (Fsp3) is 0.0476. The van der Waals surface area contributed by atoms with E-state index >= 15 is 0 Å². The fourth-order valence-electron chi connectivity index (χ4n) is 2.81. The Kier molecular flexibility index (Phi) is 4.01. The van der Waals surface area contributed by atoms with Crippen LogP contribution in [-0.4, -0.2) is 19.9 Å². The lowest BCUT2D eigenvalue weighted by atomic mass is 9.96. The van der Waals surface area contributed by atoms with Gasteiger partial charge in [0.15, 0.2) is 0 Å². The quantitative estimate of drug-likeness (QED) is 0.553. The van der Waals surface area contributed by atoms with E-state index in [4.69, 9.17) is 0 Å². The third kappa shape index (κ3) is 3.28. The lowest BCUT2D eigenvalue weighted by Gasteiger charge is -2.10. The average molecular weight is 324 g/mol. The lowest BCUT2D eigenvalue weighted by Crippen LogP contribution is -1.91. The van der Waals surface area contributed by atoms with Crippen molar-refractivity contribution in [2.75, 3.05) is 0 Å². The highest BCUT2D eigenvalue weighted by Crippen LogP contribution is 2.31. The van der Waals surface area contributed by atoms with Gasteiger partial charge in [-0.05, 0) is 77.7 Å². The van der Waals surface area contributed by atoms with Crippen LogP contribution in [0.15, 0.2) is 79.5 Å². The molecular formula is C21H16N4. The molecule has 3 heterocycles. The molecule has 120 valence electrons. The highest BCUT2D eigenvalue weighted by molar-refractivity contribution is 5.79. The first-order valence-corrected chi connectivity index (χ1v) is 8.05. The Morgan fingerprint density at radius 1 is 0.560 bits per heavy atom. The largest absolute Gasteiger partial charge is 0.265 e. The topological polar surface area (TPSA) is 51.6 Å².